The molecule has 1 aliphatic carbocycles. The highest BCUT2D eigenvalue weighted by Crippen LogP contribution is 2.51. The Morgan fingerprint density at radius 3 is 2.66 bits per heavy atom. The van der Waals surface area contributed by atoms with Crippen molar-refractivity contribution in [1.82, 2.24) is 0 Å². The molecule has 2 nitrogen and oxygen atoms in total. The highest BCUT2D eigenvalue weighted by molar-refractivity contribution is 6.42. The fourth-order valence-electron chi connectivity index (χ4n) is 4.47. The summed E-state index contributed by atoms with van der Waals surface area (Å²) in [6.07, 6.45) is 5.60. The van der Waals surface area contributed by atoms with Crippen molar-refractivity contribution in [2.75, 3.05) is 5.32 Å². The van der Waals surface area contributed by atoms with Crippen LogP contribution in [0.15, 0.2) is 78.9 Å². The summed E-state index contributed by atoms with van der Waals surface area (Å²) in [5.74, 6) is 1.64. The maximum absolute atomic E-state index is 6.56. The Morgan fingerprint density at radius 2 is 1.79 bits per heavy atom. The second-order valence-electron chi connectivity index (χ2n) is 7.64. The summed E-state index contributed by atoms with van der Waals surface area (Å²) in [7, 11) is 0. The van der Waals surface area contributed by atoms with E-state index in [1.54, 1.807) is 0 Å². The van der Waals surface area contributed by atoms with E-state index >= 15 is 0 Å². The molecule has 0 aromatic heterocycles. The third-order valence-corrected chi connectivity index (χ3v) is 6.73. The Labute approximate surface area is 181 Å². The van der Waals surface area contributed by atoms with Crippen LogP contribution in [-0.2, 0) is 6.61 Å². The highest BCUT2D eigenvalue weighted by Gasteiger charge is 2.39. The van der Waals surface area contributed by atoms with E-state index < -0.39 is 0 Å². The molecule has 0 radical (unpaired) electrons. The van der Waals surface area contributed by atoms with Gasteiger partial charge in [-0.05, 0) is 53.3 Å². The second-order valence-corrected chi connectivity index (χ2v) is 8.43. The van der Waals surface area contributed by atoms with Crippen LogP contribution in [0.4, 0.5) is 5.69 Å². The van der Waals surface area contributed by atoms with Crippen molar-refractivity contribution in [3.8, 4) is 5.75 Å². The Hall–Kier alpha value is -2.42. The standard InChI is InChI=1S/C25H21Cl2NO/c26-22-11-5-10-20(24(22)27)25-19-9-4-8-18(19)21-14-17(12-13-23(21)28-25)29-15-16-6-2-1-3-7-16/h1-8,10-14,18-19,25,28H,9,15H2. The third-order valence-electron chi connectivity index (χ3n) is 5.90. The molecule has 3 atom stereocenters. The van der Waals surface area contributed by atoms with Crippen molar-refractivity contribution in [2.24, 2.45) is 5.92 Å². The maximum atomic E-state index is 6.56. The Kier molecular flexibility index (Phi) is 4.99. The lowest BCUT2D eigenvalue weighted by atomic mass is 9.77. The molecule has 0 saturated heterocycles. The van der Waals surface area contributed by atoms with E-state index in [4.69, 9.17) is 27.9 Å². The fourth-order valence-corrected chi connectivity index (χ4v) is 4.90. The van der Waals surface area contributed by atoms with Gasteiger partial charge in [-0.15, -0.1) is 0 Å². The molecule has 146 valence electrons. The Morgan fingerprint density at radius 1 is 0.931 bits per heavy atom. The number of rotatable bonds is 4. The zero-order chi connectivity index (χ0) is 19.8. The average Bonchev–Trinajstić information content (AvgIpc) is 3.25. The van der Waals surface area contributed by atoms with Crippen LogP contribution in [0.3, 0.4) is 0 Å². The van der Waals surface area contributed by atoms with Crippen molar-refractivity contribution in [3.05, 3.63) is 106 Å². The molecule has 4 heteroatoms. The van der Waals surface area contributed by atoms with E-state index in [0.717, 1.165) is 29.0 Å². The van der Waals surface area contributed by atoms with Crippen LogP contribution in [-0.4, -0.2) is 0 Å². The number of anilines is 1. The van der Waals surface area contributed by atoms with Gasteiger partial charge in [0.05, 0.1) is 16.1 Å². The molecular formula is C25H21Cl2NO. The molecule has 0 bridgehead atoms. The number of nitrogens with one attached hydrogen (secondary N) is 1. The number of hydrogen-bond acceptors (Lipinski definition) is 2. The van der Waals surface area contributed by atoms with E-state index in [2.05, 4.69) is 47.8 Å². The molecule has 0 spiro atoms. The summed E-state index contributed by atoms with van der Waals surface area (Å²) in [6, 6.07) is 22.6. The molecule has 5 rings (SSSR count). The normalized spacial score (nSPS) is 21.9. The molecule has 1 heterocycles. The molecule has 3 aromatic carbocycles. The van der Waals surface area contributed by atoms with E-state index in [1.165, 1.54) is 5.56 Å². The lowest BCUT2D eigenvalue weighted by Gasteiger charge is -2.38. The van der Waals surface area contributed by atoms with Crippen LogP contribution in [0.25, 0.3) is 0 Å². The first-order valence-electron chi connectivity index (χ1n) is 9.88. The Bertz CT molecular complexity index is 1060. The summed E-state index contributed by atoms with van der Waals surface area (Å²) in [5, 5.41) is 4.96. The third kappa shape index (κ3) is 3.52. The minimum absolute atomic E-state index is 0.129. The van der Waals surface area contributed by atoms with Crippen LogP contribution >= 0.6 is 23.2 Å². The van der Waals surface area contributed by atoms with Crippen LogP contribution < -0.4 is 10.1 Å². The van der Waals surface area contributed by atoms with Crippen LogP contribution in [0.1, 0.15) is 35.1 Å². The minimum Gasteiger partial charge on any atom is -0.489 e. The topological polar surface area (TPSA) is 21.3 Å². The van der Waals surface area contributed by atoms with Crippen molar-refractivity contribution in [2.45, 2.75) is 25.0 Å². The second kappa shape index (κ2) is 7.78. The number of fused-ring (bicyclic) bond motifs is 3. The Balaban J connectivity index is 1.44. The van der Waals surface area contributed by atoms with Gasteiger partial charge in [0.25, 0.3) is 0 Å². The lowest BCUT2D eigenvalue weighted by molar-refractivity contribution is 0.305. The molecular weight excluding hydrogens is 401 g/mol. The van der Waals surface area contributed by atoms with Gasteiger partial charge in [0, 0.05) is 11.6 Å². The van der Waals surface area contributed by atoms with Crippen molar-refractivity contribution >= 4 is 28.9 Å². The van der Waals surface area contributed by atoms with Crippen molar-refractivity contribution < 1.29 is 4.74 Å². The molecule has 3 aromatic rings. The van der Waals surface area contributed by atoms with E-state index in [0.29, 0.717) is 28.5 Å². The summed E-state index contributed by atoms with van der Waals surface area (Å²) in [6.45, 7) is 0.567. The monoisotopic (exact) mass is 421 g/mol. The van der Waals surface area contributed by atoms with Gasteiger partial charge in [-0.3, -0.25) is 0 Å². The van der Waals surface area contributed by atoms with Gasteiger partial charge in [-0.1, -0.05) is 77.8 Å². The van der Waals surface area contributed by atoms with Crippen LogP contribution in [0.2, 0.25) is 10.0 Å². The highest BCUT2D eigenvalue weighted by atomic mass is 35.5. The van der Waals surface area contributed by atoms with Gasteiger partial charge in [0.1, 0.15) is 12.4 Å². The molecule has 3 unspecified atom stereocenters. The lowest BCUT2D eigenvalue weighted by Crippen LogP contribution is -2.29. The number of halogens is 2. The predicted molar refractivity (Wildman–Crippen MR) is 120 cm³/mol. The van der Waals surface area contributed by atoms with Crippen LogP contribution in [0, 0.1) is 5.92 Å². The van der Waals surface area contributed by atoms with Gasteiger partial charge in [0.15, 0.2) is 0 Å². The van der Waals surface area contributed by atoms with Gasteiger partial charge in [0.2, 0.25) is 0 Å². The number of hydrogen-bond donors (Lipinski definition) is 1. The van der Waals surface area contributed by atoms with Gasteiger partial charge in [-0.2, -0.15) is 0 Å². The first kappa shape index (κ1) is 18.6. The first-order valence-corrected chi connectivity index (χ1v) is 10.6. The summed E-state index contributed by atoms with van der Waals surface area (Å²) < 4.78 is 6.06. The zero-order valence-corrected chi connectivity index (χ0v) is 17.3. The molecule has 0 fully saturated rings. The fraction of sp³-hybridized carbons (Fsp3) is 0.200. The summed E-state index contributed by atoms with van der Waals surface area (Å²) in [4.78, 5) is 0. The van der Waals surface area contributed by atoms with E-state index in [9.17, 15) is 0 Å². The molecule has 29 heavy (non-hydrogen) atoms. The number of allylic oxidation sites excluding steroid dienone is 2. The minimum atomic E-state index is 0.129. The summed E-state index contributed by atoms with van der Waals surface area (Å²) in [5.41, 5.74) is 4.64. The quantitative estimate of drug-likeness (QED) is 0.443. The largest absolute Gasteiger partial charge is 0.489 e. The SMILES string of the molecule is Clc1cccc(C2Nc3ccc(OCc4ccccc4)cc3C3C=CCC32)c1Cl. The smallest absolute Gasteiger partial charge is 0.120 e. The number of benzene rings is 3. The molecule has 1 aliphatic heterocycles. The zero-order valence-electron chi connectivity index (χ0n) is 15.8. The van der Waals surface area contributed by atoms with E-state index in [-0.39, 0.29) is 6.04 Å². The van der Waals surface area contributed by atoms with Gasteiger partial charge < -0.3 is 10.1 Å². The predicted octanol–water partition coefficient (Wildman–Crippen LogP) is 7.40. The molecule has 2 aliphatic rings. The molecule has 0 saturated carbocycles. The maximum Gasteiger partial charge on any atom is 0.120 e. The van der Waals surface area contributed by atoms with E-state index in [1.807, 2.05) is 36.4 Å². The van der Waals surface area contributed by atoms with Crippen molar-refractivity contribution in [1.29, 1.82) is 0 Å². The first-order chi connectivity index (χ1) is 14.2. The molecule has 0 amide bonds. The summed E-state index contributed by atoms with van der Waals surface area (Å²) >= 11 is 12.8. The van der Waals surface area contributed by atoms with Gasteiger partial charge >= 0.3 is 0 Å². The average molecular weight is 422 g/mol. The van der Waals surface area contributed by atoms with Crippen LogP contribution in [0.5, 0.6) is 5.75 Å². The van der Waals surface area contributed by atoms with Gasteiger partial charge in [-0.25, -0.2) is 0 Å². The molecule has 1 N–H and O–H groups in total. The number of ether oxygens (including phenoxy) is 1. The van der Waals surface area contributed by atoms with Crippen molar-refractivity contribution in [3.63, 3.8) is 0 Å².